The minimum absolute atomic E-state index is 0.0332. The highest BCUT2D eigenvalue weighted by Gasteiger charge is 2.38. The van der Waals surface area contributed by atoms with Crippen molar-refractivity contribution in [3.63, 3.8) is 0 Å². The summed E-state index contributed by atoms with van der Waals surface area (Å²) in [6, 6.07) is 13.8. The molecular weight excluding hydrogens is 405 g/mol. The molecule has 170 valence electrons. The minimum atomic E-state index is -0.464. The molecular formula is C26H32FN3O2. The van der Waals surface area contributed by atoms with E-state index in [1.165, 1.54) is 12.1 Å². The van der Waals surface area contributed by atoms with E-state index in [2.05, 4.69) is 10.2 Å². The van der Waals surface area contributed by atoms with E-state index in [1.54, 1.807) is 4.90 Å². The first-order valence-electron chi connectivity index (χ1n) is 11.6. The normalized spacial score (nSPS) is 18.1. The molecule has 1 fully saturated rings. The van der Waals surface area contributed by atoms with E-state index in [4.69, 9.17) is 0 Å². The summed E-state index contributed by atoms with van der Waals surface area (Å²) in [5.74, 6) is 0.148. The van der Waals surface area contributed by atoms with Gasteiger partial charge in [0.15, 0.2) is 0 Å². The fourth-order valence-corrected chi connectivity index (χ4v) is 4.85. The summed E-state index contributed by atoms with van der Waals surface area (Å²) in [5, 5.41) is 3.14. The monoisotopic (exact) mass is 437 g/mol. The zero-order chi connectivity index (χ0) is 22.7. The number of carbonyl (C=O) groups excluding carboxylic acids is 2. The van der Waals surface area contributed by atoms with Gasteiger partial charge in [-0.25, -0.2) is 4.39 Å². The van der Waals surface area contributed by atoms with Crippen LogP contribution >= 0.6 is 0 Å². The van der Waals surface area contributed by atoms with Gasteiger partial charge in [-0.1, -0.05) is 44.2 Å². The van der Waals surface area contributed by atoms with Gasteiger partial charge in [0.2, 0.25) is 5.91 Å². The first-order chi connectivity index (χ1) is 15.4. The summed E-state index contributed by atoms with van der Waals surface area (Å²) in [6.07, 6.45) is 2.03. The Morgan fingerprint density at radius 2 is 1.78 bits per heavy atom. The van der Waals surface area contributed by atoms with Crippen molar-refractivity contribution in [2.75, 3.05) is 19.6 Å². The molecule has 1 atom stereocenters. The molecule has 2 amide bonds. The number of piperidine rings is 1. The molecule has 0 bridgehead atoms. The average Bonchev–Trinajstić information content (AvgIpc) is 3.11. The molecule has 0 unspecified atom stereocenters. The number of carbonyl (C=O) groups is 2. The lowest BCUT2D eigenvalue weighted by Gasteiger charge is -2.33. The van der Waals surface area contributed by atoms with Gasteiger partial charge in [0.25, 0.3) is 5.91 Å². The Morgan fingerprint density at radius 1 is 1.09 bits per heavy atom. The van der Waals surface area contributed by atoms with E-state index >= 15 is 0 Å². The quantitative estimate of drug-likeness (QED) is 0.716. The zero-order valence-electron chi connectivity index (χ0n) is 18.9. The molecule has 4 rings (SSSR count). The second-order valence-corrected chi connectivity index (χ2v) is 9.37. The number of benzene rings is 2. The average molecular weight is 438 g/mol. The third-order valence-corrected chi connectivity index (χ3v) is 6.68. The molecule has 6 heteroatoms. The summed E-state index contributed by atoms with van der Waals surface area (Å²) in [6.45, 7) is 7.88. The van der Waals surface area contributed by atoms with Gasteiger partial charge >= 0.3 is 0 Å². The topological polar surface area (TPSA) is 52.7 Å². The van der Waals surface area contributed by atoms with Crippen LogP contribution in [0, 0.1) is 17.7 Å². The minimum Gasteiger partial charge on any atom is -0.354 e. The van der Waals surface area contributed by atoms with Crippen LogP contribution in [0.2, 0.25) is 0 Å². The Labute approximate surface area is 189 Å². The van der Waals surface area contributed by atoms with Gasteiger partial charge in [-0.3, -0.25) is 14.5 Å². The van der Waals surface area contributed by atoms with E-state index in [0.717, 1.165) is 43.6 Å². The third kappa shape index (κ3) is 5.01. The van der Waals surface area contributed by atoms with Crippen LogP contribution < -0.4 is 5.32 Å². The number of amides is 2. The van der Waals surface area contributed by atoms with Crippen molar-refractivity contribution < 1.29 is 14.0 Å². The maximum absolute atomic E-state index is 13.1. The van der Waals surface area contributed by atoms with Crippen LogP contribution in [-0.2, 0) is 17.9 Å². The molecule has 0 saturated carbocycles. The maximum atomic E-state index is 13.1. The van der Waals surface area contributed by atoms with Crippen molar-refractivity contribution in [1.82, 2.24) is 15.1 Å². The highest BCUT2D eigenvalue weighted by Crippen LogP contribution is 2.27. The van der Waals surface area contributed by atoms with Gasteiger partial charge in [-0.2, -0.15) is 0 Å². The van der Waals surface area contributed by atoms with Crippen LogP contribution in [0.15, 0.2) is 48.5 Å². The van der Waals surface area contributed by atoms with Crippen molar-refractivity contribution in [1.29, 1.82) is 0 Å². The molecule has 2 aliphatic rings. The van der Waals surface area contributed by atoms with E-state index in [9.17, 15) is 14.0 Å². The molecule has 0 radical (unpaired) electrons. The summed E-state index contributed by atoms with van der Waals surface area (Å²) in [5.41, 5.74) is 2.82. The van der Waals surface area contributed by atoms with Crippen molar-refractivity contribution in [3.05, 3.63) is 71.0 Å². The Morgan fingerprint density at radius 3 is 2.44 bits per heavy atom. The standard InChI is InChI=1S/C26H32FN3O2/c1-18(2)24(30-17-21-5-3-4-6-23(21)26(30)32)25(31)28-15-19-11-13-29(14-12-19)16-20-7-9-22(27)10-8-20/h3-10,18-19,24H,11-17H2,1-2H3,(H,28,31)/t24-/m1/s1. The number of nitrogens with zero attached hydrogens (tertiary/aromatic N) is 2. The lowest BCUT2D eigenvalue weighted by atomic mass is 9.95. The Bertz CT molecular complexity index is 952. The number of hydrogen-bond donors (Lipinski definition) is 1. The van der Waals surface area contributed by atoms with Gasteiger partial charge < -0.3 is 10.2 Å². The summed E-state index contributed by atoms with van der Waals surface area (Å²) in [7, 11) is 0. The third-order valence-electron chi connectivity index (χ3n) is 6.68. The number of nitrogens with one attached hydrogen (secondary N) is 1. The molecule has 1 saturated heterocycles. The number of likely N-dealkylation sites (tertiary alicyclic amines) is 1. The van der Waals surface area contributed by atoms with Crippen LogP contribution in [0.25, 0.3) is 0 Å². The van der Waals surface area contributed by atoms with Crippen LogP contribution in [0.1, 0.15) is 48.2 Å². The number of halogens is 1. The van der Waals surface area contributed by atoms with Gasteiger partial charge in [-0.15, -0.1) is 0 Å². The first-order valence-corrected chi connectivity index (χ1v) is 11.6. The maximum Gasteiger partial charge on any atom is 0.255 e. The number of hydrogen-bond acceptors (Lipinski definition) is 3. The SMILES string of the molecule is CC(C)[C@H](C(=O)NCC1CCN(Cc2ccc(F)cc2)CC1)N1Cc2ccccc2C1=O. The molecule has 2 aromatic rings. The molecule has 0 aliphatic carbocycles. The second kappa shape index (κ2) is 9.82. The van der Waals surface area contributed by atoms with Gasteiger partial charge in [0, 0.05) is 25.2 Å². The fourth-order valence-electron chi connectivity index (χ4n) is 4.85. The zero-order valence-corrected chi connectivity index (χ0v) is 18.9. The van der Waals surface area contributed by atoms with Gasteiger partial charge in [-0.05, 0) is 67.1 Å². The largest absolute Gasteiger partial charge is 0.354 e. The molecule has 0 aromatic heterocycles. The highest BCUT2D eigenvalue weighted by molar-refractivity contribution is 6.01. The Balaban J connectivity index is 1.27. The lowest BCUT2D eigenvalue weighted by molar-refractivity contribution is -0.127. The van der Waals surface area contributed by atoms with E-state index in [-0.39, 0.29) is 23.5 Å². The van der Waals surface area contributed by atoms with Crippen LogP contribution in [-0.4, -0.2) is 47.3 Å². The predicted octanol–water partition coefficient (Wildman–Crippen LogP) is 3.83. The number of fused-ring (bicyclic) bond motifs is 1. The smallest absolute Gasteiger partial charge is 0.255 e. The Hall–Kier alpha value is -2.73. The summed E-state index contributed by atoms with van der Waals surface area (Å²) >= 11 is 0. The van der Waals surface area contributed by atoms with Crippen molar-refractivity contribution in [2.24, 2.45) is 11.8 Å². The van der Waals surface area contributed by atoms with Crippen LogP contribution in [0.5, 0.6) is 0 Å². The highest BCUT2D eigenvalue weighted by atomic mass is 19.1. The van der Waals surface area contributed by atoms with Crippen LogP contribution in [0.4, 0.5) is 4.39 Å². The summed E-state index contributed by atoms with van der Waals surface area (Å²) < 4.78 is 13.1. The van der Waals surface area contributed by atoms with Crippen molar-refractivity contribution >= 4 is 11.8 Å². The van der Waals surface area contributed by atoms with E-state index in [1.807, 2.05) is 50.2 Å². The van der Waals surface area contributed by atoms with E-state index < -0.39 is 6.04 Å². The molecule has 32 heavy (non-hydrogen) atoms. The fraction of sp³-hybridized carbons (Fsp3) is 0.462. The van der Waals surface area contributed by atoms with E-state index in [0.29, 0.717) is 24.6 Å². The molecule has 0 spiro atoms. The van der Waals surface area contributed by atoms with Gasteiger partial charge in [0.05, 0.1) is 0 Å². The molecule has 2 heterocycles. The summed E-state index contributed by atoms with van der Waals surface area (Å²) in [4.78, 5) is 30.1. The molecule has 2 aliphatic heterocycles. The van der Waals surface area contributed by atoms with Crippen molar-refractivity contribution in [2.45, 2.75) is 45.8 Å². The van der Waals surface area contributed by atoms with Crippen molar-refractivity contribution in [3.8, 4) is 0 Å². The van der Waals surface area contributed by atoms with Gasteiger partial charge in [0.1, 0.15) is 11.9 Å². The Kier molecular flexibility index (Phi) is 6.89. The lowest BCUT2D eigenvalue weighted by Crippen LogP contribution is -2.51. The second-order valence-electron chi connectivity index (χ2n) is 9.37. The number of rotatable bonds is 7. The van der Waals surface area contributed by atoms with Crippen LogP contribution in [0.3, 0.4) is 0 Å². The molecule has 1 N–H and O–H groups in total. The molecule has 5 nitrogen and oxygen atoms in total. The first kappa shape index (κ1) is 22.5. The molecule has 2 aromatic carbocycles. The predicted molar refractivity (Wildman–Crippen MR) is 122 cm³/mol.